The molecule has 0 aliphatic heterocycles. The number of hydrogen-bond donors (Lipinski definition) is 3. The van der Waals surface area contributed by atoms with Crippen LogP contribution >= 0.6 is 22.9 Å². The van der Waals surface area contributed by atoms with Crippen LogP contribution in [0.1, 0.15) is 44.9 Å². The Morgan fingerprint density at radius 1 is 1.17 bits per heavy atom. The number of halogens is 2. The predicted octanol–water partition coefficient (Wildman–Crippen LogP) is 4.85. The Balaban J connectivity index is 1.48. The zero-order valence-corrected chi connectivity index (χ0v) is 18.5. The van der Waals surface area contributed by atoms with E-state index >= 15 is 0 Å². The number of nitrogens with one attached hydrogen (secondary N) is 3. The van der Waals surface area contributed by atoms with Crippen LogP contribution in [0.25, 0.3) is 0 Å². The Hall–Kier alpha value is -1.42. The Morgan fingerprint density at radius 2 is 1.93 bits per heavy atom. The summed E-state index contributed by atoms with van der Waals surface area (Å²) in [5.74, 6) is -0.861. The van der Waals surface area contributed by atoms with Crippen molar-refractivity contribution < 1.29 is 12.8 Å². The molecule has 1 aromatic carbocycles. The number of nitrogens with zero attached hydrogens (tertiary/aromatic N) is 1. The van der Waals surface area contributed by atoms with Crippen molar-refractivity contribution in [2.75, 3.05) is 23.1 Å². The second kappa shape index (κ2) is 10.6. The van der Waals surface area contributed by atoms with Gasteiger partial charge in [-0.3, -0.25) is 4.72 Å². The normalized spacial score (nSPS) is 15.4. The molecule has 1 saturated carbocycles. The van der Waals surface area contributed by atoms with Gasteiger partial charge in [0.15, 0.2) is 5.13 Å². The zero-order chi connectivity index (χ0) is 20.7. The van der Waals surface area contributed by atoms with E-state index in [-0.39, 0.29) is 10.2 Å². The number of thiazole rings is 1. The number of unbranched alkanes of at least 4 members (excludes halogenated alkanes) is 1. The maximum atomic E-state index is 14.4. The third kappa shape index (κ3) is 6.53. The predicted molar refractivity (Wildman–Crippen MR) is 117 cm³/mol. The van der Waals surface area contributed by atoms with Crippen molar-refractivity contribution in [2.24, 2.45) is 0 Å². The van der Waals surface area contributed by atoms with Gasteiger partial charge in [0, 0.05) is 24.2 Å². The first kappa shape index (κ1) is 22.3. The van der Waals surface area contributed by atoms with Gasteiger partial charge in [0.25, 0.3) is 10.0 Å². The molecule has 3 rings (SSSR count). The molecule has 6 nitrogen and oxygen atoms in total. The fraction of sp³-hybridized carbons (Fsp3) is 0.526. The topological polar surface area (TPSA) is 83.1 Å². The summed E-state index contributed by atoms with van der Waals surface area (Å²) in [6, 6.07) is 2.89. The van der Waals surface area contributed by atoms with E-state index in [9.17, 15) is 12.8 Å². The molecule has 1 aromatic heterocycles. The quantitative estimate of drug-likeness (QED) is 0.441. The Bertz CT molecular complexity index is 888. The lowest BCUT2D eigenvalue weighted by atomic mass is 9.95. The molecule has 0 radical (unpaired) electrons. The highest BCUT2D eigenvalue weighted by molar-refractivity contribution is 7.93. The summed E-state index contributed by atoms with van der Waals surface area (Å²) in [4.78, 5) is 3.35. The highest BCUT2D eigenvalue weighted by Gasteiger charge is 2.22. The monoisotopic (exact) mass is 460 g/mol. The Labute approximate surface area is 180 Å². The zero-order valence-electron chi connectivity index (χ0n) is 16.1. The first-order valence-corrected chi connectivity index (χ1v) is 12.6. The average Bonchev–Trinajstić information content (AvgIpc) is 3.19. The largest absolute Gasteiger partial charge is 0.384 e. The number of sulfonamides is 1. The minimum Gasteiger partial charge on any atom is -0.384 e. The van der Waals surface area contributed by atoms with Crippen molar-refractivity contribution in [1.29, 1.82) is 0 Å². The van der Waals surface area contributed by atoms with Gasteiger partial charge in [0.05, 0.1) is 10.7 Å². The van der Waals surface area contributed by atoms with Crippen LogP contribution in [0.5, 0.6) is 0 Å². The summed E-state index contributed by atoms with van der Waals surface area (Å²) in [5.41, 5.74) is 0.387. The molecule has 160 valence electrons. The Kier molecular flexibility index (Phi) is 8.11. The van der Waals surface area contributed by atoms with E-state index in [0.29, 0.717) is 18.3 Å². The van der Waals surface area contributed by atoms with E-state index in [2.05, 4.69) is 20.3 Å². The standard InChI is InChI=1S/C19H26ClFN4O2S2/c20-15-12-18(29(26,27)25-19-24-10-11-28-19)16(21)13-17(15)23-9-5-4-8-22-14-6-2-1-3-7-14/h10-14,22-23H,1-9H2,(H,24,25). The first-order valence-electron chi connectivity index (χ1n) is 9.84. The summed E-state index contributed by atoms with van der Waals surface area (Å²) in [7, 11) is -4.09. The smallest absolute Gasteiger partial charge is 0.266 e. The molecular formula is C19H26ClFN4O2S2. The first-order chi connectivity index (χ1) is 14.0. The third-order valence-electron chi connectivity index (χ3n) is 4.92. The van der Waals surface area contributed by atoms with Crippen molar-refractivity contribution >= 4 is 43.8 Å². The molecule has 10 heteroatoms. The molecule has 0 bridgehead atoms. The van der Waals surface area contributed by atoms with E-state index < -0.39 is 20.7 Å². The van der Waals surface area contributed by atoms with E-state index in [1.807, 2.05) is 0 Å². The molecule has 0 atom stereocenters. The van der Waals surface area contributed by atoms with Gasteiger partial charge in [0.2, 0.25) is 0 Å². The maximum absolute atomic E-state index is 14.4. The van der Waals surface area contributed by atoms with Gasteiger partial charge in [-0.1, -0.05) is 30.9 Å². The molecule has 1 fully saturated rings. The molecule has 2 aromatic rings. The van der Waals surface area contributed by atoms with E-state index in [1.54, 1.807) is 5.38 Å². The van der Waals surface area contributed by atoms with E-state index in [4.69, 9.17) is 11.6 Å². The van der Waals surface area contributed by atoms with Crippen molar-refractivity contribution in [3.63, 3.8) is 0 Å². The van der Waals surface area contributed by atoms with Crippen LogP contribution < -0.4 is 15.4 Å². The molecule has 3 N–H and O–H groups in total. The van der Waals surface area contributed by atoms with Crippen LogP contribution in [-0.2, 0) is 10.0 Å². The molecule has 1 aliphatic carbocycles. The number of rotatable bonds is 10. The summed E-state index contributed by atoms with van der Waals surface area (Å²) in [5, 5.41) is 8.64. The fourth-order valence-electron chi connectivity index (χ4n) is 3.40. The second-order valence-corrected chi connectivity index (χ2v) is 10.1. The lowest BCUT2D eigenvalue weighted by molar-refractivity contribution is 0.371. The third-order valence-corrected chi connectivity index (χ3v) is 7.41. The lowest BCUT2D eigenvalue weighted by Crippen LogP contribution is -2.31. The van der Waals surface area contributed by atoms with E-state index in [0.717, 1.165) is 42.9 Å². The van der Waals surface area contributed by atoms with Gasteiger partial charge < -0.3 is 10.6 Å². The summed E-state index contributed by atoms with van der Waals surface area (Å²) in [6.07, 6.45) is 9.88. The molecule has 1 heterocycles. The molecule has 0 unspecified atom stereocenters. The average molecular weight is 461 g/mol. The second-order valence-electron chi connectivity index (χ2n) is 7.13. The van der Waals surface area contributed by atoms with Crippen LogP contribution in [0.4, 0.5) is 15.2 Å². The number of hydrogen-bond acceptors (Lipinski definition) is 6. The van der Waals surface area contributed by atoms with Crippen LogP contribution in [-0.4, -0.2) is 32.5 Å². The number of anilines is 2. The van der Waals surface area contributed by atoms with Crippen LogP contribution in [0, 0.1) is 5.82 Å². The molecule has 0 saturated heterocycles. The molecule has 29 heavy (non-hydrogen) atoms. The highest BCUT2D eigenvalue weighted by Crippen LogP contribution is 2.29. The van der Waals surface area contributed by atoms with Crippen molar-refractivity contribution in [1.82, 2.24) is 10.3 Å². The van der Waals surface area contributed by atoms with Crippen molar-refractivity contribution in [3.05, 3.63) is 34.5 Å². The molecule has 1 aliphatic rings. The molecule has 0 amide bonds. The fourth-order valence-corrected chi connectivity index (χ4v) is 5.57. The van der Waals surface area contributed by atoms with E-state index in [1.165, 1.54) is 38.3 Å². The minimum atomic E-state index is -4.09. The summed E-state index contributed by atoms with van der Waals surface area (Å²) in [6.45, 7) is 1.60. The van der Waals surface area contributed by atoms with Crippen LogP contribution in [0.2, 0.25) is 5.02 Å². The number of aromatic nitrogens is 1. The summed E-state index contributed by atoms with van der Waals surface area (Å²) >= 11 is 7.29. The van der Waals surface area contributed by atoms with Gasteiger partial charge in [-0.25, -0.2) is 17.8 Å². The Morgan fingerprint density at radius 3 is 2.66 bits per heavy atom. The SMILES string of the molecule is O=S(=O)(Nc1nccs1)c1cc(Cl)c(NCCCCNC2CCCCC2)cc1F. The van der Waals surface area contributed by atoms with Crippen LogP contribution in [0.15, 0.2) is 28.6 Å². The van der Waals surface area contributed by atoms with Crippen LogP contribution in [0.3, 0.4) is 0 Å². The van der Waals surface area contributed by atoms with Gasteiger partial charge in [-0.2, -0.15) is 0 Å². The van der Waals surface area contributed by atoms with Gasteiger partial charge in [-0.05, 0) is 44.4 Å². The minimum absolute atomic E-state index is 0.159. The van der Waals surface area contributed by atoms with Gasteiger partial charge in [0.1, 0.15) is 10.7 Å². The molecular weight excluding hydrogens is 435 g/mol. The lowest BCUT2D eigenvalue weighted by Gasteiger charge is -2.22. The van der Waals surface area contributed by atoms with Crippen molar-refractivity contribution in [3.8, 4) is 0 Å². The number of benzene rings is 1. The highest BCUT2D eigenvalue weighted by atomic mass is 35.5. The van der Waals surface area contributed by atoms with Crippen molar-refractivity contribution in [2.45, 2.75) is 55.9 Å². The molecule has 0 spiro atoms. The summed E-state index contributed by atoms with van der Waals surface area (Å²) < 4.78 is 41.4. The van der Waals surface area contributed by atoms with Gasteiger partial charge in [-0.15, -0.1) is 11.3 Å². The maximum Gasteiger partial charge on any atom is 0.266 e. The van der Waals surface area contributed by atoms with Gasteiger partial charge >= 0.3 is 0 Å².